The van der Waals surface area contributed by atoms with Crippen molar-refractivity contribution in [1.82, 2.24) is 0 Å². The van der Waals surface area contributed by atoms with Crippen molar-refractivity contribution in [3.63, 3.8) is 0 Å². The minimum absolute atomic E-state index is 0.0227. The van der Waals surface area contributed by atoms with Crippen molar-refractivity contribution in [2.75, 3.05) is 0 Å². The number of ether oxygens (including phenoxy) is 1. The van der Waals surface area contributed by atoms with Gasteiger partial charge in [0.1, 0.15) is 6.61 Å². The Labute approximate surface area is 121 Å². The van der Waals surface area contributed by atoms with Crippen LogP contribution < -0.4 is 10.5 Å². The van der Waals surface area contributed by atoms with Gasteiger partial charge in [0, 0.05) is 12.6 Å². The first kappa shape index (κ1) is 15.0. The molecule has 21 heavy (non-hydrogen) atoms. The van der Waals surface area contributed by atoms with Gasteiger partial charge in [0.05, 0.1) is 11.5 Å². The molecule has 0 amide bonds. The summed E-state index contributed by atoms with van der Waals surface area (Å²) >= 11 is 0. The van der Waals surface area contributed by atoms with Gasteiger partial charge in [0.25, 0.3) is 0 Å². The summed E-state index contributed by atoms with van der Waals surface area (Å²) < 4.78 is 5.54. The summed E-state index contributed by atoms with van der Waals surface area (Å²) in [5.74, 6) is 0.203. The molecule has 0 atom stereocenters. The van der Waals surface area contributed by atoms with E-state index in [1.807, 2.05) is 12.1 Å². The summed E-state index contributed by atoms with van der Waals surface area (Å²) in [6, 6.07) is 11.8. The van der Waals surface area contributed by atoms with Gasteiger partial charge in [-0.25, -0.2) is 0 Å². The first-order valence-corrected chi connectivity index (χ1v) is 6.43. The third-order valence-corrected chi connectivity index (χ3v) is 3.06. The fourth-order valence-electron chi connectivity index (χ4n) is 1.85. The van der Waals surface area contributed by atoms with Crippen LogP contribution in [-0.4, -0.2) is 10.0 Å². The highest BCUT2D eigenvalue weighted by Crippen LogP contribution is 2.28. The highest BCUT2D eigenvalue weighted by molar-refractivity contribution is 5.48. The lowest BCUT2D eigenvalue weighted by Crippen LogP contribution is -2.02. The molecular formula is C15H16N2O4. The number of nitrogens with zero attached hydrogens (tertiary/aromatic N) is 1. The van der Waals surface area contributed by atoms with Gasteiger partial charge in [-0.05, 0) is 22.8 Å². The average molecular weight is 288 g/mol. The van der Waals surface area contributed by atoms with Crippen molar-refractivity contribution in [2.45, 2.75) is 19.8 Å². The number of benzene rings is 2. The van der Waals surface area contributed by atoms with Gasteiger partial charge in [-0.15, -0.1) is 0 Å². The maximum Gasteiger partial charge on any atom is 0.310 e. The number of nitro benzene ring substituents is 1. The Kier molecular flexibility index (Phi) is 4.86. The number of hydrogen-bond donors (Lipinski definition) is 2. The molecule has 0 fully saturated rings. The lowest BCUT2D eigenvalue weighted by molar-refractivity contribution is -0.386. The number of rotatable bonds is 6. The zero-order valence-electron chi connectivity index (χ0n) is 11.4. The Balaban J connectivity index is 2.15. The van der Waals surface area contributed by atoms with Crippen LogP contribution in [0.1, 0.15) is 16.7 Å². The van der Waals surface area contributed by atoms with Crippen LogP contribution in [0.25, 0.3) is 0 Å². The Bertz CT molecular complexity index is 626. The fourth-order valence-corrected chi connectivity index (χ4v) is 1.85. The monoisotopic (exact) mass is 288 g/mol. The van der Waals surface area contributed by atoms with E-state index in [1.54, 1.807) is 24.3 Å². The van der Waals surface area contributed by atoms with E-state index in [2.05, 4.69) is 0 Å². The molecule has 2 aromatic carbocycles. The van der Waals surface area contributed by atoms with Gasteiger partial charge in [0.2, 0.25) is 0 Å². The Morgan fingerprint density at radius 3 is 2.29 bits per heavy atom. The second-order valence-corrected chi connectivity index (χ2v) is 4.53. The smallest absolute Gasteiger partial charge is 0.310 e. The number of aliphatic hydroxyl groups excluding tert-OH is 1. The van der Waals surface area contributed by atoms with Gasteiger partial charge in [-0.3, -0.25) is 10.1 Å². The van der Waals surface area contributed by atoms with Crippen LogP contribution in [0.3, 0.4) is 0 Å². The minimum atomic E-state index is -0.482. The Morgan fingerprint density at radius 1 is 1.10 bits per heavy atom. The molecule has 0 aliphatic rings. The maximum atomic E-state index is 11.0. The number of aliphatic hydroxyl groups is 1. The van der Waals surface area contributed by atoms with Crippen LogP contribution in [0.4, 0.5) is 5.69 Å². The largest absolute Gasteiger partial charge is 0.482 e. The molecule has 0 aromatic heterocycles. The Hall–Kier alpha value is -2.44. The minimum Gasteiger partial charge on any atom is -0.482 e. The summed E-state index contributed by atoms with van der Waals surface area (Å²) in [4.78, 5) is 10.5. The van der Waals surface area contributed by atoms with Gasteiger partial charge in [-0.1, -0.05) is 30.3 Å². The molecule has 6 nitrogen and oxygen atoms in total. The zero-order chi connectivity index (χ0) is 15.2. The van der Waals surface area contributed by atoms with E-state index >= 15 is 0 Å². The standard InChI is InChI=1S/C15H16N2O4/c16-8-13-5-6-14(17(19)20)15(7-13)21-10-12-3-1-11(9-18)2-4-12/h1-7,18H,8-10,16H2. The molecule has 0 saturated heterocycles. The third kappa shape index (κ3) is 3.77. The molecule has 0 aliphatic carbocycles. The summed E-state index contributed by atoms with van der Waals surface area (Å²) in [6.45, 7) is 0.477. The summed E-state index contributed by atoms with van der Waals surface area (Å²) in [5.41, 5.74) is 7.88. The third-order valence-electron chi connectivity index (χ3n) is 3.06. The van der Waals surface area contributed by atoms with E-state index in [1.165, 1.54) is 6.07 Å². The van der Waals surface area contributed by atoms with E-state index < -0.39 is 4.92 Å². The molecule has 0 aliphatic heterocycles. The molecule has 0 radical (unpaired) electrons. The Morgan fingerprint density at radius 2 is 1.71 bits per heavy atom. The average Bonchev–Trinajstić information content (AvgIpc) is 2.52. The first-order chi connectivity index (χ1) is 10.1. The molecular weight excluding hydrogens is 272 g/mol. The second-order valence-electron chi connectivity index (χ2n) is 4.53. The van der Waals surface area contributed by atoms with E-state index in [-0.39, 0.29) is 24.7 Å². The van der Waals surface area contributed by atoms with E-state index in [9.17, 15) is 10.1 Å². The van der Waals surface area contributed by atoms with Crippen molar-refractivity contribution in [3.05, 3.63) is 69.3 Å². The number of nitro groups is 1. The van der Waals surface area contributed by atoms with Crippen molar-refractivity contribution >= 4 is 5.69 Å². The van der Waals surface area contributed by atoms with Crippen molar-refractivity contribution in [3.8, 4) is 5.75 Å². The molecule has 2 aromatic rings. The molecule has 110 valence electrons. The fraction of sp³-hybridized carbons (Fsp3) is 0.200. The van der Waals surface area contributed by atoms with E-state index in [0.29, 0.717) is 6.54 Å². The van der Waals surface area contributed by atoms with E-state index in [4.69, 9.17) is 15.6 Å². The summed E-state index contributed by atoms with van der Waals surface area (Å²) in [5, 5.41) is 20.0. The highest BCUT2D eigenvalue weighted by Gasteiger charge is 2.15. The molecule has 0 saturated carbocycles. The van der Waals surface area contributed by atoms with Crippen LogP contribution in [-0.2, 0) is 19.8 Å². The first-order valence-electron chi connectivity index (χ1n) is 6.43. The van der Waals surface area contributed by atoms with Gasteiger partial charge >= 0.3 is 5.69 Å². The van der Waals surface area contributed by atoms with Crippen LogP contribution in [0.2, 0.25) is 0 Å². The topological polar surface area (TPSA) is 98.6 Å². The lowest BCUT2D eigenvalue weighted by atomic mass is 10.1. The molecule has 0 bridgehead atoms. The predicted octanol–water partition coefficient (Wildman–Crippen LogP) is 2.12. The van der Waals surface area contributed by atoms with Crippen LogP contribution in [0, 0.1) is 10.1 Å². The summed E-state index contributed by atoms with van der Waals surface area (Å²) in [6.07, 6.45) is 0. The van der Waals surface area contributed by atoms with Crippen molar-refractivity contribution in [1.29, 1.82) is 0 Å². The molecule has 0 spiro atoms. The molecule has 0 unspecified atom stereocenters. The SMILES string of the molecule is NCc1ccc([N+](=O)[O-])c(OCc2ccc(CO)cc2)c1. The maximum absolute atomic E-state index is 11.0. The normalized spacial score (nSPS) is 10.4. The highest BCUT2D eigenvalue weighted by atomic mass is 16.6. The molecule has 6 heteroatoms. The van der Waals surface area contributed by atoms with Crippen molar-refractivity contribution in [2.24, 2.45) is 5.73 Å². The lowest BCUT2D eigenvalue weighted by Gasteiger charge is -2.08. The predicted molar refractivity (Wildman–Crippen MR) is 77.7 cm³/mol. The molecule has 2 rings (SSSR count). The molecule has 3 N–H and O–H groups in total. The second kappa shape index (κ2) is 6.83. The van der Waals surface area contributed by atoms with Crippen LogP contribution in [0.5, 0.6) is 5.75 Å². The zero-order valence-corrected chi connectivity index (χ0v) is 11.4. The van der Waals surface area contributed by atoms with Crippen molar-refractivity contribution < 1.29 is 14.8 Å². The quantitative estimate of drug-likeness (QED) is 0.626. The number of nitrogens with two attached hydrogens (primary N) is 1. The summed E-state index contributed by atoms with van der Waals surface area (Å²) in [7, 11) is 0. The van der Waals surface area contributed by atoms with E-state index in [0.717, 1.165) is 16.7 Å². The van der Waals surface area contributed by atoms with Gasteiger partial charge in [0.15, 0.2) is 5.75 Å². The van der Waals surface area contributed by atoms with Gasteiger partial charge in [-0.2, -0.15) is 0 Å². The van der Waals surface area contributed by atoms with Crippen LogP contribution >= 0.6 is 0 Å². The molecule has 0 heterocycles. The number of hydrogen-bond acceptors (Lipinski definition) is 5. The van der Waals surface area contributed by atoms with Crippen LogP contribution in [0.15, 0.2) is 42.5 Å². The van der Waals surface area contributed by atoms with Gasteiger partial charge < -0.3 is 15.6 Å².